The number of nitrogens with one attached hydrogen (secondary N) is 1. The van der Waals surface area contributed by atoms with Crippen LogP contribution >= 0.6 is 27.3 Å². The van der Waals surface area contributed by atoms with Gasteiger partial charge in [-0.25, -0.2) is 4.98 Å². The van der Waals surface area contributed by atoms with Crippen molar-refractivity contribution in [3.8, 4) is 11.5 Å². The number of rotatable bonds is 9. The van der Waals surface area contributed by atoms with Crippen LogP contribution in [0.4, 0.5) is 5.13 Å². The average molecular weight is 442 g/mol. The maximum Gasteiger partial charge on any atom is 0.311 e. The topological polar surface area (TPSA) is 82.0 Å². The van der Waals surface area contributed by atoms with Crippen LogP contribution in [0.1, 0.15) is 25.1 Å². The Morgan fingerprint density at radius 3 is 2.88 bits per heavy atom. The van der Waals surface area contributed by atoms with Gasteiger partial charge in [0.2, 0.25) is 5.13 Å². The Morgan fingerprint density at radius 2 is 2.19 bits per heavy atom. The summed E-state index contributed by atoms with van der Waals surface area (Å²) < 4.78 is 16.6. The highest BCUT2D eigenvalue weighted by molar-refractivity contribution is 9.10. The fourth-order valence-corrected chi connectivity index (χ4v) is 3.37. The third kappa shape index (κ3) is 5.70. The van der Waals surface area contributed by atoms with Gasteiger partial charge in [0.15, 0.2) is 11.5 Å². The molecule has 0 amide bonds. The Balaban J connectivity index is 2.02. The summed E-state index contributed by atoms with van der Waals surface area (Å²) in [6, 6.07) is 3.72. The molecular weight excluding hydrogens is 422 g/mol. The number of aromatic nitrogens is 1. The van der Waals surface area contributed by atoms with Gasteiger partial charge in [0.05, 0.1) is 43.1 Å². The predicted molar refractivity (Wildman–Crippen MR) is 106 cm³/mol. The van der Waals surface area contributed by atoms with E-state index in [9.17, 15) is 4.79 Å². The molecule has 0 saturated heterocycles. The highest BCUT2D eigenvalue weighted by Crippen LogP contribution is 2.36. The van der Waals surface area contributed by atoms with Gasteiger partial charge in [-0.2, -0.15) is 5.10 Å². The second-order valence-electron chi connectivity index (χ2n) is 4.96. The molecule has 9 heteroatoms. The van der Waals surface area contributed by atoms with Crippen LogP contribution in [0.2, 0.25) is 0 Å². The van der Waals surface area contributed by atoms with Crippen molar-refractivity contribution in [3.05, 3.63) is 33.2 Å². The number of carbonyl (C=O) groups is 1. The lowest BCUT2D eigenvalue weighted by molar-refractivity contribution is -0.142. The number of thiazole rings is 1. The fourth-order valence-electron chi connectivity index (χ4n) is 2.08. The van der Waals surface area contributed by atoms with Gasteiger partial charge in [-0.1, -0.05) is 0 Å². The standard InChI is InChI=1S/C17H20BrN3O4S/c1-4-24-14-7-11(6-13(18)16(14)23-3)9-19-21-17-20-12(10-26-17)8-15(22)25-5-2/h6-7,9-10H,4-5,8H2,1-3H3,(H,20,21). The molecule has 2 rings (SSSR count). The van der Waals surface area contributed by atoms with E-state index in [0.29, 0.717) is 35.5 Å². The van der Waals surface area contributed by atoms with E-state index in [1.165, 1.54) is 11.3 Å². The van der Waals surface area contributed by atoms with Crippen molar-refractivity contribution in [2.45, 2.75) is 20.3 Å². The SMILES string of the molecule is CCOC(=O)Cc1csc(NN=Cc2cc(Br)c(OC)c(OCC)c2)n1. The van der Waals surface area contributed by atoms with E-state index < -0.39 is 0 Å². The first-order valence-corrected chi connectivity index (χ1v) is 9.64. The monoisotopic (exact) mass is 441 g/mol. The third-order valence-electron chi connectivity index (χ3n) is 3.09. The number of carbonyl (C=O) groups excluding carboxylic acids is 1. The summed E-state index contributed by atoms with van der Waals surface area (Å²) in [6.45, 7) is 4.57. The van der Waals surface area contributed by atoms with Crippen LogP contribution in [0, 0.1) is 0 Å². The summed E-state index contributed by atoms with van der Waals surface area (Å²) in [5.74, 6) is 0.983. The minimum atomic E-state index is -0.292. The van der Waals surface area contributed by atoms with Gasteiger partial charge in [0, 0.05) is 5.38 Å². The molecule has 0 aliphatic rings. The molecule has 26 heavy (non-hydrogen) atoms. The number of hydrogen-bond donors (Lipinski definition) is 1. The number of hydrogen-bond acceptors (Lipinski definition) is 8. The molecule has 0 atom stereocenters. The van der Waals surface area contributed by atoms with Gasteiger partial charge >= 0.3 is 5.97 Å². The van der Waals surface area contributed by atoms with E-state index in [1.807, 2.05) is 19.1 Å². The molecule has 0 aliphatic carbocycles. The third-order valence-corrected chi connectivity index (χ3v) is 4.48. The van der Waals surface area contributed by atoms with Gasteiger partial charge in [-0.15, -0.1) is 11.3 Å². The van der Waals surface area contributed by atoms with E-state index in [-0.39, 0.29) is 12.4 Å². The Kier molecular flexibility index (Phi) is 7.86. The molecule has 0 saturated carbocycles. The molecule has 0 radical (unpaired) electrons. The normalized spacial score (nSPS) is 10.8. The second-order valence-corrected chi connectivity index (χ2v) is 6.68. The zero-order valence-corrected chi connectivity index (χ0v) is 17.1. The van der Waals surface area contributed by atoms with Gasteiger partial charge in [-0.05, 0) is 47.5 Å². The van der Waals surface area contributed by atoms with Crippen molar-refractivity contribution in [2.75, 3.05) is 25.7 Å². The Morgan fingerprint density at radius 1 is 1.38 bits per heavy atom. The van der Waals surface area contributed by atoms with E-state index >= 15 is 0 Å². The summed E-state index contributed by atoms with van der Waals surface area (Å²) in [5.41, 5.74) is 4.34. The van der Waals surface area contributed by atoms with Gasteiger partial charge in [-0.3, -0.25) is 10.2 Å². The van der Waals surface area contributed by atoms with Gasteiger partial charge < -0.3 is 14.2 Å². The first kappa shape index (κ1) is 20.2. The van der Waals surface area contributed by atoms with Gasteiger partial charge in [0.1, 0.15) is 0 Å². The smallest absolute Gasteiger partial charge is 0.311 e. The molecule has 0 unspecified atom stereocenters. The van der Waals surface area contributed by atoms with E-state index in [0.717, 1.165) is 10.0 Å². The maximum atomic E-state index is 11.5. The Hall–Kier alpha value is -2.13. The first-order valence-electron chi connectivity index (χ1n) is 7.96. The summed E-state index contributed by atoms with van der Waals surface area (Å²) in [6.07, 6.45) is 1.80. The van der Waals surface area contributed by atoms with E-state index in [2.05, 4.69) is 31.4 Å². The molecular formula is C17H20BrN3O4S. The molecule has 0 aliphatic heterocycles. The van der Waals surface area contributed by atoms with Crippen LogP contribution < -0.4 is 14.9 Å². The fraction of sp³-hybridized carbons (Fsp3) is 0.353. The highest BCUT2D eigenvalue weighted by Gasteiger charge is 2.11. The minimum absolute atomic E-state index is 0.152. The van der Waals surface area contributed by atoms with Crippen LogP contribution in [0.25, 0.3) is 0 Å². The zero-order chi connectivity index (χ0) is 18.9. The Bertz CT molecular complexity index is 779. The van der Waals surface area contributed by atoms with Crippen LogP contribution in [0.3, 0.4) is 0 Å². The van der Waals surface area contributed by atoms with Crippen LogP contribution in [-0.2, 0) is 16.0 Å². The lowest BCUT2D eigenvalue weighted by Crippen LogP contribution is -2.07. The number of esters is 1. The molecule has 0 bridgehead atoms. The van der Waals surface area contributed by atoms with Crippen molar-refractivity contribution in [3.63, 3.8) is 0 Å². The van der Waals surface area contributed by atoms with Crippen molar-refractivity contribution in [1.29, 1.82) is 0 Å². The average Bonchev–Trinajstić information content (AvgIpc) is 3.02. The Labute approximate surface area is 164 Å². The number of benzene rings is 1. The summed E-state index contributed by atoms with van der Waals surface area (Å²) in [4.78, 5) is 15.8. The number of nitrogens with zero attached hydrogens (tertiary/aromatic N) is 2. The molecule has 0 spiro atoms. The van der Waals surface area contributed by atoms with E-state index in [1.54, 1.807) is 25.6 Å². The summed E-state index contributed by atoms with van der Waals surface area (Å²) in [7, 11) is 1.59. The highest BCUT2D eigenvalue weighted by atomic mass is 79.9. The van der Waals surface area contributed by atoms with Crippen LogP contribution in [-0.4, -0.2) is 37.5 Å². The summed E-state index contributed by atoms with van der Waals surface area (Å²) in [5, 5.41) is 6.57. The number of hydrazone groups is 1. The lowest BCUT2D eigenvalue weighted by atomic mass is 10.2. The molecule has 1 N–H and O–H groups in total. The maximum absolute atomic E-state index is 11.5. The summed E-state index contributed by atoms with van der Waals surface area (Å²) >= 11 is 4.83. The molecule has 1 aromatic carbocycles. The van der Waals surface area contributed by atoms with E-state index in [4.69, 9.17) is 14.2 Å². The molecule has 140 valence electrons. The first-order chi connectivity index (χ1) is 12.6. The lowest BCUT2D eigenvalue weighted by Gasteiger charge is -2.11. The predicted octanol–water partition coefficient (Wildman–Crippen LogP) is 3.86. The largest absolute Gasteiger partial charge is 0.492 e. The van der Waals surface area contributed by atoms with Crippen molar-refractivity contribution < 1.29 is 19.0 Å². The number of methoxy groups -OCH3 is 1. The number of halogens is 1. The quantitative estimate of drug-likeness (QED) is 0.361. The molecule has 2 aromatic rings. The second kappa shape index (κ2) is 10.1. The van der Waals surface area contributed by atoms with Crippen LogP contribution in [0.5, 0.6) is 11.5 Å². The van der Waals surface area contributed by atoms with Crippen LogP contribution in [0.15, 0.2) is 27.1 Å². The van der Waals surface area contributed by atoms with Crippen molar-refractivity contribution >= 4 is 44.6 Å². The molecule has 0 fully saturated rings. The molecule has 1 heterocycles. The van der Waals surface area contributed by atoms with Crippen molar-refractivity contribution in [1.82, 2.24) is 4.98 Å². The van der Waals surface area contributed by atoms with Gasteiger partial charge in [0.25, 0.3) is 0 Å². The zero-order valence-electron chi connectivity index (χ0n) is 14.7. The minimum Gasteiger partial charge on any atom is -0.492 e. The number of anilines is 1. The molecule has 1 aromatic heterocycles. The number of ether oxygens (including phenoxy) is 3. The van der Waals surface area contributed by atoms with Crippen molar-refractivity contribution in [2.24, 2.45) is 5.10 Å². The molecule has 7 nitrogen and oxygen atoms in total.